The van der Waals surface area contributed by atoms with Crippen molar-refractivity contribution < 1.29 is 9.13 Å². The van der Waals surface area contributed by atoms with Crippen LogP contribution in [0.1, 0.15) is 16.0 Å². The molecule has 0 spiro atoms. The zero-order chi connectivity index (χ0) is 8.27. The highest BCUT2D eigenvalue weighted by atomic mass is 32.1. The van der Waals surface area contributed by atoms with Crippen LogP contribution in [0.4, 0.5) is 4.39 Å². The summed E-state index contributed by atoms with van der Waals surface area (Å²) in [4.78, 5) is 4.86. The number of ether oxygens (including phenoxy) is 1. The lowest BCUT2D eigenvalue weighted by atomic mass is 10.3. The lowest BCUT2D eigenvalue weighted by Gasteiger charge is -2.06. The number of halogens is 1. The summed E-state index contributed by atoms with van der Waals surface area (Å²) < 4.78 is 17.1. The maximum atomic E-state index is 12.2. The van der Waals surface area contributed by atoms with Crippen LogP contribution >= 0.6 is 11.3 Å². The third kappa shape index (κ3) is 1.97. The van der Waals surface area contributed by atoms with E-state index in [0.29, 0.717) is 0 Å². The normalized spacial score (nSPS) is 13.4. The number of aryl methyl sites for hydroxylation is 1. The fourth-order valence-corrected chi connectivity index (χ4v) is 1.62. The van der Waals surface area contributed by atoms with Crippen molar-refractivity contribution in [1.82, 2.24) is 4.98 Å². The van der Waals surface area contributed by atoms with Gasteiger partial charge in [0.15, 0.2) is 0 Å². The molecule has 4 heteroatoms. The van der Waals surface area contributed by atoms with E-state index in [9.17, 15) is 4.39 Å². The molecule has 1 heterocycles. The molecule has 0 aliphatic rings. The monoisotopic (exact) mass is 175 g/mol. The van der Waals surface area contributed by atoms with Gasteiger partial charge in [-0.15, -0.1) is 11.3 Å². The second kappa shape index (κ2) is 3.78. The molecule has 0 aromatic carbocycles. The average molecular weight is 175 g/mol. The van der Waals surface area contributed by atoms with Crippen LogP contribution in [-0.2, 0) is 4.74 Å². The Labute approximate surface area is 69.0 Å². The SMILES string of the molecule is CO[C@@H](CF)c1cnc(C)s1. The highest BCUT2D eigenvalue weighted by Gasteiger charge is 2.11. The quantitative estimate of drug-likeness (QED) is 0.702. The van der Waals surface area contributed by atoms with Crippen molar-refractivity contribution in [3.8, 4) is 0 Å². The first kappa shape index (κ1) is 8.62. The van der Waals surface area contributed by atoms with Crippen molar-refractivity contribution in [2.75, 3.05) is 13.8 Å². The number of methoxy groups -OCH3 is 1. The smallest absolute Gasteiger partial charge is 0.121 e. The summed E-state index contributed by atoms with van der Waals surface area (Å²) in [6.45, 7) is 1.40. The summed E-state index contributed by atoms with van der Waals surface area (Å²) in [5.41, 5.74) is 0. The van der Waals surface area contributed by atoms with Gasteiger partial charge in [-0.1, -0.05) is 0 Å². The largest absolute Gasteiger partial charge is 0.373 e. The van der Waals surface area contributed by atoms with Crippen LogP contribution in [0.25, 0.3) is 0 Å². The molecule has 0 saturated carbocycles. The molecule has 0 saturated heterocycles. The van der Waals surface area contributed by atoms with Crippen LogP contribution in [0.3, 0.4) is 0 Å². The molecular formula is C7H10FNOS. The lowest BCUT2D eigenvalue weighted by Crippen LogP contribution is -2.00. The van der Waals surface area contributed by atoms with Crippen molar-refractivity contribution in [3.63, 3.8) is 0 Å². The second-order valence-electron chi connectivity index (χ2n) is 2.16. The molecule has 0 aliphatic heterocycles. The van der Waals surface area contributed by atoms with Gasteiger partial charge in [-0.05, 0) is 6.92 Å². The number of rotatable bonds is 3. The van der Waals surface area contributed by atoms with Crippen LogP contribution in [0.2, 0.25) is 0 Å². The zero-order valence-corrected chi connectivity index (χ0v) is 7.32. The summed E-state index contributed by atoms with van der Waals surface area (Å²) in [5.74, 6) is 0. The van der Waals surface area contributed by atoms with Gasteiger partial charge >= 0.3 is 0 Å². The van der Waals surface area contributed by atoms with Gasteiger partial charge in [0.25, 0.3) is 0 Å². The first-order chi connectivity index (χ1) is 5.27. The Morgan fingerprint density at radius 3 is 2.91 bits per heavy atom. The lowest BCUT2D eigenvalue weighted by molar-refractivity contribution is 0.0820. The molecule has 0 N–H and O–H groups in total. The van der Waals surface area contributed by atoms with Gasteiger partial charge in [0.1, 0.15) is 12.8 Å². The van der Waals surface area contributed by atoms with E-state index in [4.69, 9.17) is 4.74 Å². The van der Waals surface area contributed by atoms with E-state index in [1.54, 1.807) is 6.20 Å². The van der Waals surface area contributed by atoms with E-state index in [-0.39, 0.29) is 0 Å². The summed E-state index contributed by atoms with van der Waals surface area (Å²) in [6.07, 6.45) is 1.23. The van der Waals surface area contributed by atoms with E-state index in [0.717, 1.165) is 9.88 Å². The highest BCUT2D eigenvalue weighted by molar-refractivity contribution is 7.11. The van der Waals surface area contributed by atoms with Gasteiger partial charge in [-0.3, -0.25) is 0 Å². The van der Waals surface area contributed by atoms with Crippen LogP contribution in [-0.4, -0.2) is 18.8 Å². The molecule has 1 aromatic heterocycles. The van der Waals surface area contributed by atoms with Gasteiger partial charge in [0, 0.05) is 13.3 Å². The van der Waals surface area contributed by atoms with Crippen LogP contribution < -0.4 is 0 Å². The molecule has 0 unspecified atom stereocenters. The number of alkyl halides is 1. The van der Waals surface area contributed by atoms with Crippen LogP contribution in [0.15, 0.2) is 6.20 Å². The van der Waals surface area contributed by atoms with Crippen molar-refractivity contribution in [2.24, 2.45) is 0 Å². The Bertz CT molecular complexity index is 222. The first-order valence-corrected chi connectivity index (χ1v) is 4.10. The van der Waals surface area contributed by atoms with E-state index in [2.05, 4.69) is 4.98 Å². The molecule has 1 aromatic rings. The number of hydrogen-bond acceptors (Lipinski definition) is 3. The summed E-state index contributed by atoms with van der Waals surface area (Å²) >= 11 is 1.47. The maximum absolute atomic E-state index is 12.2. The molecule has 62 valence electrons. The van der Waals surface area contributed by atoms with Crippen molar-refractivity contribution in [2.45, 2.75) is 13.0 Å². The Balaban J connectivity index is 2.73. The summed E-state index contributed by atoms with van der Waals surface area (Å²) in [7, 11) is 1.50. The molecular weight excluding hydrogens is 165 g/mol. The molecule has 0 fully saturated rings. The Hall–Kier alpha value is -0.480. The zero-order valence-electron chi connectivity index (χ0n) is 6.50. The van der Waals surface area contributed by atoms with Crippen LogP contribution in [0, 0.1) is 6.92 Å². The van der Waals surface area contributed by atoms with E-state index < -0.39 is 12.8 Å². The predicted molar refractivity (Wildman–Crippen MR) is 42.6 cm³/mol. The molecule has 1 rings (SSSR count). The Morgan fingerprint density at radius 2 is 2.55 bits per heavy atom. The fourth-order valence-electron chi connectivity index (χ4n) is 0.782. The molecule has 1 atom stereocenters. The van der Waals surface area contributed by atoms with E-state index in [1.807, 2.05) is 6.92 Å². The molecule has 2 nitrogen and oxygen atoms in total. The minimum Gasteiger partial charge on any atom is -0.373 e. The highest BCUT2D eigenvalue weighted by Crippen LogP contribution is 2.22. The van der Waals surface area contributed by atoms with Gasteiger partial charge in [-0.25, -0.2) is 9.37 Å². The first-order valence-electron chi connectivity index (χ1n) is 3.29. The molecule has 0 bridgehead atoms. The minimum atomic E-state index is -0.488. The second-order valence-corrected chi connectivity index (χ2v) is 3.43. The topological polar surface area (TPSA) is 22.1 Å². The predicted octanol–water partition coefficient (Wildman–Crippen LogP) is 2.11. The van der Waals surface area contributed by atoms with Crippen LogP contribution in [0.5, 0.6) is 0 Å². The van der Waals surface area contributed by atoms with Gasteiger partial charge < -0.3 is 4.74 Å². The molecule has 11 heavy (non-hydrogen) atoms. The third-order valence-corrected chi connectivity index (χ3v) is 2.39. The van der Waals surface area contributed by atoms with E-state index in [1.165, 1.54) is 18.4 Å². The van der Waals surface area contributed by atoms with Gasteiger partial charge in [0.2, 0.25) is 0 Å². The number of hydrogen-bond donors (Lipinski definition) is 0. The summed E-state index contributed by atoms with van der Waals surface area (Å²) in [6, 6.07) is 0. The van der Waals surface area contributed by atoms with Crippen molar-refractivity contribution >= 4 is 11.3 Å². The van der Waals surface area contributed by atoms with Crippen molar-refractivity contribution in [3.05, 3.63) is 16.1 Å². The Kier molecular flexibility index (Phi) is 2.96. The van der Waals surface area contributed by atoms with Gasteiger partial charge in [0.05, 0.1) is 9.88 Å². The number of nitrogens with zero attached hydrogens (tertiary/aromatic N) is 1. The third-order valence-electron chi connectivity index (χ3n) is 1.38. The minimum absolute atomic E-state index is 0.429. The van der Waals surface area contributed by atoms with Crippen molar-refractivity contribution in [1.29, 1.82) is 0 Å². The average Bonchev–Trinajstić information content (AvgIpc) is 2.39. The maximum Gasteiger partial charge on any atom is 0.121 e. The standard InChI is InChI=1S/C7H10FNOS/c1-5-9-4-7(11-5)6(3-8)10-2/h4,6H,3H2,1-2H3/t6-/m0/s1. The number of aromatic nitrogens is 1. The molecule has 0 aliphatic carbocycles. The number of thiazole rings is 1. The molecule has 0 amide bonds. The summed E-state index contributed by atoms with van der Waals surface area (Å²) in [5, 5.41) is 0.940. The van der Waals surface area contributed by atoms with Gasteiger partial charge in [-0.2, -0.15) is 0 Å². The fraction of sp³-hybridized carbons (Fsp3) is 0.571. The van der Waals surface area contributed by atoms with E-state index >= 15 is 0 Å². The molecule has 0 radical (unpaired) electrons. The Morgan fingerprint density at radius 1 is 1.82 bits per heavy atom.